The summed E-state index contributed by atoms with van der Waals surface area (Å²) in [7, 11) is 3.46. The van der Waals surface area contributed by atoms with Crippen LogP contribution < -0.4 is 4.74 Å². The lowest BCUT2D eigenvalue weighted by Gasteiger charge is -2.38. The molecule has 2 aromatic carbocycles. The molecule has 0 aromatic heterocycles. The average Bonchev–Trinajstić information content (AvgIpc) is 2.71. The standard InChI is InChI=1S/C23H30N2O4/c1-15-9-20(23(27)28)14-25(12-15)16(2)22(26)24(3)13-17-5-6-19-11-21(29-4)8-7-18(19)10-17/h5-8,10-11,15-16,20H,9,12-14H2,1-4H3,(H,27,28). The molecule has 1 fully saturated rings. The van der Waals surface area contributed by atoms with Gasteiger partial charge in [0.1, 0.15) is 5.75 Å². The van der Waals surface area contributed by atoms with Gasteiger partial charge in [-0.1, -0.05) is 25.1 Å². The lowest BCUT2D eigenvalue weighted by molar-refractivity contribution is -0.147. The van der Waals surface area contributed by atoms with E-state index in [1.165, 1.54) is 0 Å². The number of amides is 1. The maximum absolute atomic E-state index is 13.0. The highest BCUT2D eigenvalue weighted by molar-refractivity contribution is 5.85. The molecule has 3 rings (SSSR count). The Morgan fingerprint density at radius 1 is 1.21 bits per heavy atom. The number of carboxylic acids is 1. The number of carbonyl (C=O) groups is 2. The second kappa shape index (κ2) is 8.82. The lowest BCUT2D eigenvalue weighted by atomic mass is 9.89. The first kappa shape index (κ1) is 21.1. The topological polar surface area (TPSA) is 70.1 Å². The van der Waals surface area contributed by atoms with Crippen LogP contribution in [0.4, 0.5) is 0 Å². The number of rotatable bonds is 6. The molecule has 3 unspecified atom stereocenters. The molecule has 29 heavy (non-hydrogen) atoms. The number of hydrogen-bond donors (Lipinski definition) is 1. The van der Waals surface area contributed by atoms with Gasteiger partial charge < -0.3 is 14.7 Å². The predicted molar refractivity (Wildman–Crippen MR) is 113 cm³/mol. The van der Waals surface area contributed by atoms with E-state index in [1.54, 1.807) is 19.1 Å². The number of carbonyl (C=O) groups excluding carboxylic acids is 1. The minimum Gasteiger partial charge on any atom is -0.497 e. The molecule has 0 spiro atoms. The highest BCUT2D eigenvalue weighted by Crippen LogP contribution is 2.25. The van der Waals surface area contributed by atoms with Crippen LogP contribution in [0.15, 0.2) is 36.4 Å². The van der Waals surface area contributed by atoms with Gasteiger partial charge in [0.05, 0.1) is 19.1 Å². The molecule has 6 heteroatoms. The van der Waals surface area contributed by atoms with Crippen LogP contribution in [0, 0.1) is 11.8 Å². The molecule has 1 N–H and O–H groups in total. The summed E-state index contributed by atoms with van der Waals surface area (Å²) in [6, 6.07) is 11.8. The van der Waals surface area contributed by atoms with Crippen LogP contribution >= 0.6 is 0 Å². The van der Waals surface area contributed by atoms with Crippen molar-refractivity contribution in [2.24, 2.45) is 11.8 Å². The SMILES string of the molecule is COc1ccc2cc(CN(C)C(=O)C(C)N3CC(C)CC(C(=O)O)C3)ccc2c1. The number of carboxylic acid groups (broad SMARTS) is 1. The first-order valence-corrected chi connectivity index (χ1v) is 10.1. The van der Waals surface area contributed by atoms with Crippen molar-refractivity contribution in [1.29, 1.82) is 0 Å². The molecule has 1 saturated heterocycles. The highest BCUT2D eigenvalue weighted by atomic mass is 16.5. The van der Waals surface area contributed by atoms with E-state index in [2.05, 4.69) is 6.07 Å². The maximum atomic E-state index is 13.0. The van der Waals surface area contributed by atoms with Crippen LogP contribution in [0.25, 0.3) is 10.8 Å². The molecule has 6 nitrogen and oxygen atoms in total. The lowest BCUT2D eigenvalue weighted by Crippen LogP contribution is -2.52. The molecular formula is C23H30N2O4. The van der Waals surface area contributed by atoms with Crippen LogP contribution in [0.5, 0.6) is 5.75 Å². The van der Waals surface area contributed by atoms with E-state index < -0.39 is 11.9 Å². The summed E-state index contributed by atoms with van der Waals surface area (Å²) in [5.41, 5.74) is 1.06. The van der Waals surface area contributed by atoms with Gasteiger partial charge in [0.25, 0.3) is 0 Å². The molecule has 3 atom stereocenters. The zero-order chi connectivity index (χ0) is 21.1. The highest BCUT2D eigenvalue weighted by Gasteiger charge is 2.34. The van der Waals surface area contributed by atoms with Gasteiger partial charge in [-0.3, -0.25) is 14.5 Å². The minimum absolute atomic E-state index is 0.0121. The summed E-state index contributed by atoms with van der Waals surface area (Å²) in [6.07, 6.45) is 0.671. The second-order valence-corrected chi connectivity index (χ2v) is 8.25. The van der Waals surface area contributed by atoms with E-state index in [9.17, 15) is 14.7 Å². The Morgan fingerprint density at radius 2 is 1.90 bits per heavy atom. The number of fused-ring (bicyclic) bond motifs is 1. The fourth-order valence-electron chi connectivity index (χ4n) is 4.21. The first-order chi connectivity index (χ1) is 13.8. The van der Waals surface area contributed by atoms with Crippen molar-refractivity contribution in [3.63, 3.8) is 0 Å². The normalized spacial score (nSPS) is 21.0. The van der Waals surface area contributed by atoms with Crippen LogP contribution in [0.2, 0.25) is 0 Å². The van der Waals surface area contributed by atoms with Crippen molar-refractivity contribution in [2.75, 3.05) is 27.2 Å². The summed E-state index contributed by atoms with van der Waals surface area (Å²) in [5.74, 6) is -0.0816. The molecule has 0 aliphatic carbocycles. The van der Waals surface area contributed by atoms with Crippen molar-refractivity contribution in [1.82, 2.24) is 9.80 Å². The summed E-state index contributed by atoms with van der Waals surface area (Å²) >= 11 is 0. The molecule has 0 saturated carbocycles. The summed E-state index contributed by atoms with van der Waals surface area (Å²) in [6.45, 7) is 5.62. The fourth-order valence-corrected chi connectivity index (χ4v) is 4.21. The van der Waals surface area contributed by atoms with Crippen molar-refractivity contribution >= 4 is 22.6 Å². The van der Waals surface area contributed by atoms with Crippen molar-refractivity contribution in [3.8, 4) is 5.75 Å². The van der Waals surface area contributed by atoms with E-state index in [-0.39, 0.29) is 17.9 Å². The molecule has 1 aliphatic heterocycles. The molecule has 1 aliphatic rings. The van der Waals surface area contributed by atoms with E-state index in [0.29, 0.717) is 19.5 Å². The maximum Gasteiger partial charge on any atom is 0.307 e. The van der Waals surface area contributed by atoms with Crippen LogP contribution in [-0.4, -0.2) is 60.1 Å². The van der Waals surface area contributed by atoms with Gasteiger partial charge in [0.15, 0.2) is 0 Å². The smallest absolute Gasteiger partial charge is 0.307 e. The van der Waals surface area contributed by atoms with Gasteiger partial charge in [0.2, 0.25) is 5.91 Å². The van der Waals surface area contributed by atoms with E-state index >= 15 is 0 Å². The van der Waals surface area contributed by atoms with Crippen LogP contribution in [-0.2, 0) is 16.1 Å². The van der Waals surface area contributed by atoms with Gasteiger partial charge in [-0.2, -0.15) is 0 Å². The van der Waals surface area contributed by atoms with E-state index in [4.69, 9.17) is 4.74 Å². The van der Waals surface area contributed by atoms with Gasteiger partial charge >= 0.3 is 5.97 Å². The zero-order valence-electron chi connectivity index (χ0n) is 17.6. The summed E-state index contributed by atoms with van der Waals surface area (Å²) < 4.78 is 5.27. The Bertz CT molecular complexity index is 898. The largest absolute Gasteiger partial charge is 0.497 e. The Kier molecular flexibility index (Phi) is 6.42. The zero-order valence-corrected chi connectivity index (χ0v) is 17.6. The predicted octanol–water partition coefficient (Wildman–Crippen LogP) is 3.24. The number of piperidine rings is 1. The second-order valence-electron chi connectivity index (χ2n) is 8.25. The molecular weight excluding hydrogens is 368 g/mol. The number of aliphatic carboxylic acids is 1. The Morgan fingerprint density at radius 3 is 2.59 bits per heavy atom. The average molecular weight is 399 g/mol. The number of hydrogen-bond acceptors (Lipinski definition) is 4. The molecule has 2 aromatic rings. The van der Waals surface area contributed by atoms with Crippen molar-refractivity contribution in [3.05, 3.63) is 42.0 Å². The van der Waals surface area contributed by atoms with Crippen LogP contribution in [0.1, 0.15) is 25.8 Å². The molecule has 1 heterocycles. The molecule has 1 amide bonds. The van der Waals surface area contributed by atoms with Crippen LogP contribution in [0.3, 0.4) is 0 Å². The quantitative estimate of drug-likeness (QED) is 0.809. The van der Waals surface area contributed by atoms with E-state index in [1.807, 2.05) is 49.1 Å². The number of nitrogens with zero attached hydrogens (tertiary/aromatic N) is 2. The number of ether oxygens (including phenoxy) is 1. The third kappa shape index (κ3) is 4.88. The first-order valence-electron chi connectivity index (χ1n) is 10.1. The van der Waals surface area contributed by atoms with Gasteiger partial charge in [-0.15, -0.1) is 0 Å². The minimum atomic E-state index is -0.776. The number of likely N-dealkylation sites (N-methyl/N-ethyl adjacent to an activating group) is 1. The summed E-state index contributed by atoms with van der Waals surface area (Å²) in [5, 5.41) is 11.6. The number of methoxy groups -OCH3 is 1. The molecule has 156 valence electrons. The number of likely N-dealkylation sites (tertiary alicyclic amines) is 1. The molecule has 0 bridgehead atoms. The van der Waals surface area contributed by atoms with Crippen molar-refractivity contribution in [2.45, 2.75) is 32.9 Å². The molecule has 0 radical (unpaired) electrons. The summed E-state index contributed by atoms with van der Waals surface area (Å²) in [4.78, 5) is 28.2. The Labute approximate surface area is 172 Å². The van der Waals surface area contributed by atoms with Crippen molar-refractivity contribution < 1.29 is 19.4 Å². The Balaban J connectivity index is 1.68. The third-order valence-corrected chi connectivity index (χ3v) is 5.85. The van der Waals surface area contributed by atoms with Gasteiger partial charge in [-0.05, 0) is 53.8 Å². The Hall–Kier alpha value is -2.60. The fraction of sp³-hybridized carbons (Fsp3) is 0.478. The van der Waals surface area contributed by atoms with Gasteiger partial charge in [-0.25, -0.2) is 0 Å². The monoisotopic (exact) mass is 398 g/mol. The number of benzene rings is 2. The third-order valence-electron chi connectivity index (χ3n) is 5.85. The van der Waals surface area contributed by atoms with E-state index in [0.717, 1.165) is 28.6 Å². The van der Waals surface area contributed by atoms with Gasteiger partial charge in [0, 0.05) is 26.7 Å².